The molecule has 10 heteroatoms. The van der Waals surface area contributed by atoms with Gasteiger partial charge in [0, 0.05) is 25.1 Å². The molecule has 0 aromatic heterocycles. The van der Waals surface area contributed by atoms with Crippen molar-refractivity contribution in [1.82, 2.24) is 14.9 Å². The first kappa shape index (κ1) is 22.4. The Hall–Kier alpha value is -3.24. The quantitative estimate of drug-likeness (QED) is 0.592. The van der Waals surface area contributed by atoms with E-state index in [1.165, 1.54) is 31.4 Å². The first-order chi connectivity index (χ1) is 14.8. The summed E-state index contributed by atoms with van der Waals surface area (Å²) in [5, 5.41) is 5.18. The molecule has 2 aromatic rings. The van der Waals surface area contributed by atoms with Crippen molar-refractivity contribution in [3.05, 3.63) is 65.7 Å². The monoisotopic (exact) mass is 445 g/mol. The van der Waals surface area contributed by atoms with E-state index in [0.29, 0.717) is 0 Å². The maximum atomic E-state index is 12.9. The van der Waals surface area contributed by atoms with Crippen LogP contribution >= 0.6 is 0 Å². The highest BCUT2D eigenvalue weighted by atomic mass is 32.2. The summed E-state index contributed by atoms with van der Waals surface area (Å²) in [4.78, 5) is 36.4. The summed E-state index contributed by atoms with van der Waals surface area (Å²) in [6.45, 7) is 0.0881. The summed E-state index contributed by atoms with van der Waals surface area (Å²) in [5.41, 5.74) is 0.905. The van der Waals surface area contributed by atoms with E-state index in [4.69, 9.17) is 4.74 Å². The summed E-state index contributed by atoms with van der Waals surface area (Å²) >= 11 is 0. The molecule has 1 fully saturated rings. The zero-order valence-corrected chi connectivity index (χ0v) is 17.7. The number of hydrogen-bond acceptors (Lipinski definition) is 6. The van der Waals surface area contributed by atoms with Gasteiger partial charge in [0.15, 0.2) is 0 Å². The minimum Gasteiger partial charge on any atom is -0.467 e. The normalized spacial score (nSPS) is 15.6. The summed E-state index contributed by atoms with van der Waals surface area (Å²) in [5.74, 6) is -1.61. The molecule has 1 aliphatic rings. The lowest BCUT2D eigenvalue weighted by Crippen LogP contribution is -2.49. The van der Waals surface area contributed by atoms with Crippen molar-refractivity contribution in [3.8, 4) is 0 Å². The van der Waals surface area contributed by atoms with Crippen LogP contribution in [0.25, 0.3) is 0 Å². The van der Waals surface area contributed by atoms with Gasteiger partial charge in [0.2, 0.25) is 15.9 Å². The maximum Gasteiger partial charge on any atom is 0.328 e. The van der Waals surface area contributed by atoms with Crippen molar-refractivity contribution in [2.75, 3.05) is 26.7 Å². The van der Waals surface area contributed by atoms with Gasteiger partial charge >= 0.3 is 5.97 Å². The van der Waals surface area contributed by atoms with Gasteiger partial charge in [-0.25, -0.2) is 13.2 Å². The fourth-order valence-electron chi connectivity index (χ4n) is 3.19. The number of nitrogens with zero attached hydrogens (tertiary/aromatic N) is 1. The number of ether oxygens (including phenoxy) is 1. The second-order valence-electron chi connectivity index (χ2n) is 6.96. The van der Waals surface area contributed by atoms with Crippen LogP contribution in [-0.2, 0) is 30.8 Å². The molecule has 1 saturated heterocycles. The van der Waals surface area contributed by atoms with Gasteiger partial charge in [-0.2, -0.15) is 4.31 Å². The highest BCUT2D eigenvalue weighted by Crippen LogP contribution is 2.18. The number of rotatable bonds is 7. The average Bonchev–Trinajstić information content (AvgIpc) is 2.78. The number of benzene rings is 2. The molecule has 164 valence electrons. The molecular formula is C21H23N3O6S. The third-order valence-corrected chi connectivity index (χ3v) is 6.65. The number of carbonyl (C=O) groups is 3. The Kier molecular flexibility index (Phi) is 7.03. The zero-order chi connectivity index (χ0) is 22.4. The highest BCUT2D eigenvalue weighted by molar-refractivity contribution is 7.89. The summed E-state index contributed by atoms with van der Waals surface area (Å²) in [6.07, 6.45) is 0.222. The molecule has 1 aliphatic heterocycles. The van der Waals surface area contributed by atoms with Crippen molar-refractivity contribution in [3.63, 3.8) is 0 Å². The second kappa shape index (κ2) is 9.71. The Morgan fingerprint density at radius 1 is 1.16 bits per heavy atom. The lowest BCUT2D eigenvalue weighted by atomic mass is 10.1. The summed E-state index contributed by atoms with van der Waals surface area (Å²) in [6, 6.07) is 13.7. The number of esters is 1. The van der Waals surface area contributed by atoms with Crippen molar-refractivity contribution in [1.29, 1.82) is 0 Å². The van der Waals surface area contributed by atoms with Gasteiger partial charge in [-0.15, -0.1) is 0 Å². The molecule has 1 atom stereocenters. The Morgan fingerprint density at radius 2 is 1.90 bits per heavy atom. The van der Waals surface area contributed by atoms with E-state index in [1.54, 1.807) is 0 Å². The predicted octanol–water partition coefficient (Wildman–Crippen LogP) is 0.321. The zero-order valence-electron chi connectivity index (χ0n) is 16.9. The molecule has 2 amide bonds. The topological polar surface area (TPSA) is 122 Å². The van der Waals surface area contributed by atoms with Gasteiger partial charge in [0.1, 0.15) is 6.04 Å². The number of hydrogen-bond donors (Lipinski definition) is 2. The summed E-state index contributed by atoms with van der Waals surface area (Å²) in [7, 11) is -2.72. The van der Waals surface area contributed by atoms with Gasteiger partial charge in [0.05, 0.1) is 18.6 Å². The number of piperazine rings is 1. The van der Waals surface area contributed by atoms with Gasteiger partial charge in [0.25, 0.3) is 5.91 Å². The standard InChI is InChI=1S/C21H23N3O6S/c1-30-21(27)18(12-15-6-3-2-4-7-15)23-20(26)16-8-5-9-17(13-16)31(28,29)24-11-10-22-19(25)14-24/h2-9,13,18H,10-12,14H2,1H3,(H,22,25)(H,23,26). The molecule has 0 bridgehead atoms. The molecule has 1 unspecified atom stereocenters. The fraction of sp³-hybridized carbons (Fsp3) is 0.286. The van der Waals surface area contributed by atoms with E-state index < -0.39 is 27.9 Å². The molecule has 9 nitrogen and oxygen atoms in total. The van der Waals surface area contributed by atoms with E-state index in [-0.39, 0.29) is 42.4 Å². The summed E-state index contributed by atoms with van der Waals surface area (Å²) < 4.78 is 31.6. The molecule has 0 radical (unpaired) electrons. The van der Waals surface area contributed by atoms with Crippen molar-refractivity contribution in [2.45, 2.75) is 17.4 Å². The minimum absolute atomic E-state index is 0.0736. The lowest BCUT2D eigenvalue weighted by molar-refractivity contribution is -0.142. The third kappa shape index (κ3) is 5.47. The minimum atomic E-state index is -3.95. The SMILES string of the molecule is COC(=O)C(Cc1ccccc1)NC(=O)c1cccc(S(=O)(=O)N2CCNC(=O)C2)c1. The third-order valence-electron chi connectivity index (χ3n) is 4.81. The Morgan fingerprint density at radius 3 is 2.58 bits per heavy atom. The Labute approximate surface area is 180 Å². The van der Waals surface area contributed by atoms with Crippen molar-refractivity contribution < 1.29 is 27.5 Å². The number of nitrogens with one attached hydrogen (secondary N) is 2. The molecule has 3 rings (SSSR count). The van der Waals surface area contributed by atoms with E-state index >= 15 is 0 Å². The highest BCUT2D eigenvalue weighted by Gasteiger charge is 2.30. The van der Waals surface area contributed by atoms with Crippen LogP contribution < -0.4 is 10.6 Å². The number of sulfonamides is 1. The van der Waals surface area contributed by atoms with E-state index in [9.17, 15) is 22.8 Å². The van der Waals surface area contributed by atoms with Crippen LogP contribution in [0.3, 0.4) is 0 Å². The van der Waals surface area contributed by atoms with E-state index in [0.717, 1.165) is 9.87 Å². The first-order valence-electron chi connectivity index (χ1n) is 9.61. The molecule has 2 N–H and O–H groups in total. The van der Waals surface area contributed by atoms with E-state index in [2.05, 4.69) is 10.6 Å². The van der Waals surface area contributed by atoms with Crippen LogP contribution in [0.15, 0.2) is 59.5 Å². The lowest BCUT2D eigenvalue weighted by Gasteiger charge is -2.26. The molecule has 31 heavy (non-hydrogen) atoms. The molecule has 0 spiro atoms. The van der Waals surface area contributed by atoms with Crippen LogP contribution in [0, 0.1) is 0 Å². The number of methoxy groups -OCH3 is 1. The first-order valence-corrected chi connectivity index (χ1v) is 11.0. The smallest absolute Gasteiger partial charge is 0.328 e. The Balaban J connectivity index is 1.79. The molecule has 0 aliphatic carbocycles. The van der Waals surface area contributed by atoms with Crippen LogP contribution in [0.4, 0.5) is 0 Å². The maximum absolute atomic E-state index is 12.9. The molecular weight excluding hydrogens is 422 g/mol. The van der Waals surface area contributed by atoms with Gasteiger partial charge in [-0.3, -0.25) is 9.59 Å². The van der Waals surface area contributed by atoms with Gasteiger partial charge in [-0.1, -0.05) is 36.4 Å². The van der Waals surface area contributed by atoms with Crippen LogP contribution in [-0.4, -0.2) is 63.3 Å². The second-order valence-corrected chi connectivity index (χ2v) is 8.89. The molecule has 2 aromatic carbocycles. The van der Waals surface area contributed by atoms with Gasteiger partial charge in [-0.05, 0) is 23.8 Å². The van der Waals surface area contributed by atoms with E-state index in [1.807, 2.05) is 30.3 Å². The molecule has 0 saturated carbocycles. The van der Waals surface area contributed by atoms with Crippen LogP contribution in [0.2, 0.25) is 0 Å². The Bertz CT molecular complexity index is 1070. The number of amides is 2. The largest absolute Gasteiger partial charge is 0.467 e. The van der Waals surface area contributed by atoms with Crippen molar-refractivity contribution >= 4 is 27.8 Å². The predicted molar refractivity (Wildman–Crippen MR) is 112 cm³/mol. The van der Waals surface area contributed by atoms with Gasteiger partial charge < -0.3 is 15.4 Å². The molecule has 1 heterocycles. The van der Waals surface area contributed by atoms with Crippen molar-refractivity contribution in [2.24, 2.45) is 0 Å². The van der Waals surface area contributed by atoms with Crippen LogP contribution in [0.1, 0.15) is 15.9 Å². The average molecular weight is 445 g/mol. The number of carbonyl (C=O) groups excluding carboxylic acids is 3. The fourth-order valence-corrected chi connectivity index (χ4v) is 4.64. The van der Waals surface area contributed by atoms with Crippen LogP contribution in [0.5, 0.6) is 0 Å².